The van der Waals surface area contributed by atoms with Gasteiger partial charge in [0.05, 0.1) is 0 Å². The van der Waals surface area contributed by atoms with Crippen LogP contribution in [0.25, 0.3) is 0 Å². The molecule has 1 aromatic rings. The van der Waals surface area contributed by atoms with E-state index in [2.05, 4.69) is 30.5 Å². The Balaban J connectivity index is 0.000000265. The highest BCUT2D eigenvalue weighted by Crippen LogP contribution is 2.04. The van der Waals surface area contributed by atoms with E-state index in [1.807, 2.05) is 30.3 Å². The van der Waals surface area contributed by atoms with Gasteiger partial charge in [-0.05, 0) is 31.8 Å². The fraction of sp³-hybridized carbons (Fsp3) is 0.500. The molecule has 0 radical (unpaired) electrons. The average molecular weight is 229 g/mol. The lowest BCUT2D eigenvalue weighted by Crippen LogP contribution is -2.21. The molecule has 1 rings (SSSR count). The zero-order valence-corrected chi connectivity index (χ0v) is 10.6. The van der Waals surface area contributed by atoms with Crippen molar-refractivity contribution in [2.75, 3.05) is 24.5 Å². The second-order valence-corrected chi connectivity index (χ2v) is 3.27. The summed E-state index contributed by atoms with van der Waals surface area (Å²) in [6.45, 7) is 10.1. The topological polar surface area (TPSA) is 15.3 Å². The van der Waals surface area contributed by atoms with Crippen LogP contribution in [0.4, 0.5) is 5.69 Å². The molecule has 0 amide bonds. The molecule has 3 heteroatoms. The average Bonchev–Trinajstić information content (AvgIpc) is 2.33. The van der Waals surface area contributed by atoms with Crippen LogP contribution >= 0.6 is 11.8 Å². The minimum absolute atomic E-state index is 0.925. The number of hydrogen-bond donors (Lipinski definition) is 1. The number of nitrogens with zero attached hydrogens (tertiary/aromatic N) is 1. The molecule has 0 heterocycles. The molecule has 2 nitrogen and oxygen atoms in total. The molecule has 0 saturated carbocycles. The summed E-state index contributed by atoms with van der Waals surface area (Å²) in [6, 6.07) is 9.58. The Morgan fingerprint density at radius 2 is 1.47 bits per heavy atom. The molecular weight excluding hydrogens is 208 g/mol. The van der Waals surface area contributed by atoms with E-state index >= 15 is 0 Å². The van der Waals surface area contributed by atoms with Crippen molar-refractivity contribution in [3.05, 3.63) is 30.3 Å². The number of rotatable bonds is 4. The maximum absolute atomic E-state index is 5.28. The third kappa shape index (κ3) is 7.23. The highest BCUT2D eigenvalue weighted by molar-refractivity contribution is 6.23. The number of hydrogen-bond acceptors (Lipinski definition) is 2. The lowest BCUT2D eigenvalue weighted by atomic mass is 10.3. The van der Waals surface area contributed by atoms with Crippen molar-refractivity contribution < 1.29 is 0 Å². The highest BCUT2D eigenvalue weighted by atomic mass is 35.5. The number of nitrogens with one attached hydrogen (secondary N) is 1. The van der Waals surface area contributed by atoms with E-state index in [0.29, 0.717) is 0 Å². The Kier molecular flexibility index (Phi) is 9.33. The predicted molar refractivity (Wildman–Crippen MR) is 69.4 cm³/mol. The second kappa shape index (κ2) is 9.81. The van der Waals surface area contributed by atoms with Crippen LogP contribution in [0.15, 0.2) is 30.3 Å². The first-order valence-corrected chi connectivity index (χ1v) is 5.80. The fourth-order valence-corrected chi connectivity index (χ4v) is 1.30. The van der Waals surface area contributed by atoms with E-state index in [-0.39, 0.29) is 0 Å². The Morgan fingerprint density at radius 3 is 1.67 bits per heavy atom. The third-order valence-electron chi connectivity index (χ3n) is 2.22. The lowest BCUT2D eigenvalue weighted by molar-refractivity contribution is 0.321. The van der Waals surface area contributed by atoms with Crippen molar-refractivity contribution in [3.63, 3.8) is 0 Å². The molecule has 1 aromatic carbocycles. The summed E-state index contributed by atoms with van der Waals surface area (Å²) >= 11 is 5.28. The molecule has 0 saturated heterocycles. The zero-order valence-electron chi connectivity index (χ0n) is 9.83. The summed E-state index contributed by atoms with van der Waals surface area (Å²) < 4.78 is 0. The fourth-order valence-electron chi connectivity index (χ4n) is 1.17. The second-order valence-electron chi connectivity index (χ2n) is 3.08. The van der Waals surface area contributed by atoms with Gasteiger partial charge in [0.2, 0.25) is 0 Å². The van der Waals surface area contributed by atoms with Crippen LogP contribution in [0, 0.1) is 0 Å². The van der Waals surface area contributed by atoms with E-state index < -0.39 is 0 Å². The molecule has 1 N–H and O–H groups in total. The molecule has 0 aromatic heterocycles. The monoisotopic (exact) mass is 228 g/mol. The molecule has 0 spiro atoms. The summed E-state index contributed by atoms with van der Waals surface area (Å²) in [7, 11) is 0. The van der Waals surface area contributed by atoms with Gasteiger partial charge in [0.15, 0.2) is 0 Å². The van der Waals surface area contributed by atoms with E-state index in [1.54, 1.807) is 0 Å². The van der Waals surface area contributed by atoms with Gasteiger partial charge in [0.1, 0.15) is 0 Å². The molecule has 0 aliphatic heterocycles. The van der Waals surface area contributed by atoms with E-state index in [0.717, 1.165) is 5.69 Å². The molecule has 0 bridgehead atoms. The largest absolute Gasteiger partial charge is 0.304 e. The van der Waals surface area contributed by atoms with Crippen molar-refractivity contribution in [2.24, 2.45) is 0 Å². The first-order valence-electron chi connectivity index (χ1n) is 5.42. The van der Waals surface area contributed by atoms with Crippen molar-refractivity contribution in [1.29, 1.82) is 0 Å². The van der Waals surface area contributed by atoms with Crippen LogP contribution in [0.1, 0.15) is 20.8 Å². The molecule has 0 fully saturated rings. The van der Waals surface area contributed by atoms with E-state index in [1.165, 1.54) is 19.6 Å². The summed E-state index contributed by atoms with van der Waals surface area (Å²) in [6.07, 6.45) is 0. The van der Waals surface area contributed by atoms with Gasteiger partial charge >= 0.3 is 0 Å². The molecule has 0 aliphatic rings. The van der Waals surface area contributed by atoms with Crippen LogP contribution in [-0.4, -0.2) is 24.5 Å². The maximum atomic E-state index is 5.28. The van der Waals surface area contributed by atoms with Gasteiger partial charge in [-0.3, -0.25) is 4.84 Å². The summed E-state index contributed by atoms with van der Waals surface area (Å²) in [5.74, 6) is 0. The quantitative estimate of drug-likeness (QED) is 0.793. The van der Waals surface area contributed by atoms with Crippen LogP contribution in [0.3, 0.4) is 0 Å². The van der Waals surface area contributed by atoms with Crippen LogP contribution in [0.5, 0.6) is 0 Å². The molecule has 0 unspecified atom stereocenters. The highest BCUT2D eigenvalue weighted by Gasteiger charge is 1.89. The number of para-hydroxylation sites is 1. The molecule has 86 valence electrons. The zero-order chi connectivity index (χ0) is 11.5. The Labute approximate surface area is 98.4 Å². The van der Waals surface area contributed by atoms with Gasteiger partial charge in [0.25, 0.3) is 0 Å². The summed E-state index contributed by atoms with van der Waals surface area (Å²) in [5, 5.41) is 0. The number of anilines is 1. The number of benzene rings is 1. The van der Waals surface area contributed by atoms with Gasteiger partial charge in [-0.15, -0.1) is 0 Å². The van der Waals surface area contributed by atoms with Gasteiger partial charge < -0.3 is 4.90 Å². The first-order chi connectivity index (χ1) is 7.28. The number of halogens is 1. The molecule has 15 heavy (non-hydrogen) atoms. The van der Waals surface area contributed by atoms with Crippen LogP contribution in [-0.2, 0) is 0 Å². The summed E-state index contributed by atoms with van der Waals surface area (Å²) in [5.41, 5.74) is 0.925. The molecular formula is C12H21ClN2. The van der Waals surface area contributed by atoms with Gasteiger partial charge in [-0.1, -0.05) is 39.0 Å². The maximum Gasteiger partial charge on any atom is 0.0491 e. The normalized spacial score (nSPS) is 9.40. The van der Waals surface area contributed by atoms with Crippen LogP contribution in [0.2, 0.25) is 0 Å². The van der Waals surface area contributed by atoms with Crippen molar-refractivity contribution in [3.8, 4) is 0 Å². The Hall–Kier alpha value is -0.730. The Morgan fingerprint density at radius 1 is 1.00 bits per heavy atom. The third-order valence-corrected chi connectivity index (χ3v) is 2.44. The van der Waals surface area contributed by atoms with Gasteiger partial charge in [-0.25, -0.2) is 0 Å². The summed E-state index contributed by atoms with van der Waals surface area (Å²) in [4.78, 5) is 4.87. The molecule has 0 atom stereocenters. The first kappa shape index (κ1) is 14.3. The Bertz CT molecular complexity index is 217. The SMILES string of the molecule is CCN(CC)CC.ClNc1ccccc1. The van der Waals surface area contributed by atoms with Crippen molar-refractivity contribution in [2.45, 2.75) is 20.8 Å². The molecule has 0 aliphatic carbocycles. The standard InChI is InChI=1S/C6H6ClN.C6H15N/c7-8-6-4-2-1-3-5-6;1-4-7(5-2)6-3/h1-5,8H;4-6H2,1-3H3. The van der Waals surface area contributed by atoms with E-state index in [9.17, 15) is 0 Å². The lowest BCUT2D eigenvalue weighted by Gasteiger charge is -2.13. The van der Waals surface area contributed by atoms with Crippen molar-refractivity contribution in [1.82, 2.24) is 4.90 Å². The minimum atomic E-state index is 0.925. The van der Waals surface area contributed by atoms with Gasteiger partial charge in [-0.2, -0.15) is 0 Å². The van der Waals surface area contributed by atoms with Crippen molar-refractivity contribution >= 4 is 17.5 Å². The van der Waals surface area contributed by atoms with Gasteiger partial charge in [0, 0.05) is 17.5 Å². The van der Waals surface area contributed by atoms with Crippen LogP contribution < -0.4 is 4.84 Å². The van der Waals surface area contributed by atoms with E-state index in [4.69, 9.17) is 11.8 Å². The minimum Gasteiger partial charge on any atom is -0.304 e. The predicted octanol–water partition coefficient (Wildman–Crippen LogP) is 3.60. The smallest absolute Gasteiger partial charge is 0.0491 e.